The van der Waals surface area contributed by atoms with Crippen LogP contribution in [0.4, 0.5) is 0 Å². The topological polar surface area (TPSA) is 80.9 Å². The van der Waals surface area contributed by atoms with Crippen LogP contribution in [0.3, 0.4) is 0 Å². The summed E-state index contributed by atoms with van der Waals surface area (Å²) in [6, 6.07) is 0. The maximum absolute atomic E-state index is 13.5. The zero-order valence-electron chi connectivity index (χ0n) is 19.2. The molecule has 0 spiro atoms. The molecular formula is C22H33N5O3S. The van der Waals surface area contributed by atoms with Gasteiger partial charge in [-0.2, -0.15) is 0 Å². The average Bonchev–Trinajstić information content (AvgIpc) is 3.43. The molecule has 8 nitrogen and oxygen atoms in total. The van der Waals surface area contributed by atoms with Gasteiger partial charge in [0.15, 0.2) is 5.96 Å². The van der Waals surface area contributed by atoms with Crippen LogP contribution >= 0.6 is 11.3 Å². The van der Waals surface area contributed by atoms with Crippen LogP contribution in [0.2, 0.25) is 0 Å². The second kappa shape index (κ2) is 8.43. The number of aryl methyl sites for hydroxylation is 1. The van der Waals surface area contributed by atoms with E-state index in [2.05, 4.69) is 15.2 Å². The van der Waals surface area contributed by atoms with Crippen LogP contribution in [0.15, 0.2) is 14.6 Å². The molecule has 9 heteroatoms. The number of fused-ring (bicyclic) bond motifs is 1. The number of thiophene rings is 1. The van der Waals surface area contributed by atoms with Gasteiger partial charge in [0.25, 0.3) is 5.56 Å². The van der Waals surface area contributed by atoms with Crippen molar-refractivity contribution in [3.63, 3.8) is 0 Å². The van der Waals surface area contributed by atoms with Crippen LogP contribution in [0.5, 0.6) is 0 Å². The minimum Gasteiger partial charge on any atom is -0.376 e. The summed E-state index contributed by atoms with van der Waals surface area (Å²) in [5.41, 5.74) is 0.381. The van der Waals surface area contributed by atoms with Gasteiger partial charge in [-0.1, -0.05) is 20.8 Å². The highest BCUT2D eigenvalue weighted by molar-refractivity contribution is 7.18. The molecule has 0 saturated carbocycles. The summed E-state index contributed by atoms with van der Waals surface area (Å²) in [5.74, 6) is 0.874. The Hall–Kier alpha value is -2.13. The van der Waals surface area contributed by atoms with Crippen molar-refractivity contribution in [3.05, 3.63) is 31.3 Å². The number of nitrogens with zero attached hydrogens (tertiary/aromatic N) is 4. The first-order valence-electron chi connectivity index (χ1n) is 11.0. The van der Waals surface area contributed by atoms with Crippen molar-refractivity contribution in [1.82, 2.24) is 19.4 Å². The first kappa shape index (κ1) is 22.1. The third kappa shape index (κ3) is 4.30. The zero-order chi connectivity index (χ0) is 22.3. The molecule has 0 aliphatic carbocycles. The number of hydrogen-bond acceptors (Lipinski definition) is 5. The smallest absolute Gasteiger partial charge is 0.332 e. The number of ether oxygens (including phenoxy) is 1. The molecular weight excluding hydrogens is 414 g/mol. The standard InChI is InChI=1S/C22H33N5O3S/c1-14-16(12-25-9-8-24-20(25)23-5)31-19-17(14)18(28)27(13-22(2,3)4)21(29)26(19)11-15-7-6-10-30-15/h15H,6-13H2,1-5H3,(H,23,24). The van der Waals surface area contributed by atoms with Crippen molar-refractivity contribution in [2.24, 2.45) is 10.4 Å². The molecule has 2 aliphatic rings. The Labute approximate surface area is 186 Å². The van der Waals surface area contributed by atoms with E-state index in [0.29, 0.717) is 25.0 Å². The van der Waals surface area contributed by atoms with Crippen LogP contribution in [0.25, 0.3) is 10.2 Å². The van der Waals surface area contributed by atoms with Crippen molar-refractivity contribution >= 4 is 27.5 Å². The Morgan fingerprint density at radius 1 is 1.26 bits per heavy atom. The molecule has 170 valence electrons. The minimum absolute atomic E-state index is 0.0222. The molecule has 2 fully saturated rings. The highest BCUT2D eigenvalue weighted by Gasteiger charge is 2.27. The van der Waals surface area contributed by atoms with Crippen LogP contribution in [0, 0.1) is 12.3 Å². The molecule has 0 amide bonds. The first-order valence-corrected chi connectivity index (χ1v) is 11.8. The molecule has 0 bridgehead atoms. The van der Waals surface area contributed by atoms with Crippen molar-refractivity contribution in [3.8, 4) is 0 Å². The summed E-state index contributed by atoms with van der Waals surface area (Å²) in [6.07, 6.45) is 1.98. The normalized spacial score (nSPS) is 20.9. The highest BCUT2D eigenvalue weighted by Crippen LogP contribution is 2.30. The number of guanidine groups is 1. The van der Waals surface area contributed by atoms with Crippen LogP contribution in [0.1, 0.15) is 44.1 Å². The number of aliphatic imine (C=N–C) groups is 1. The molecule has 1 unspecified atom stereocenters. The molecule has 2 aromatic rings. The Kier molecular flexibility index (Phi) is 6.00. The maximum atomic E-state index is 13.5. The average molecular weight is 448 g/mol. The van der Waals surface area contributed by atoms with Gasteiger partial charge in [0.1, 0.15) is 4.83 Å². The van der Waals surface area contributed by atoms with E-state index in [1.54, 1.807) is 23.0 Å². The van der Waals surface area contributed by atoms with Gasteiger partial charge in [0.05, 0.1) is 24.6 Å². The predicted octanol–water partition coefficient (Wildman–Crippen LogP) is 2.15. The second-order valence-electron chi connectivity index (χ2n) is 9.71. The van der Waals surface area contributed by atoms with E-state index >= 15 is 0 Å². The summed E-state index contributed by atoms with van der Waals surface area (Å²) in [4.78, 5) is 35.3. The Balaban J connectivity index is 1.86. The third-order valence-electron chi connectivity index (χ3n) is 5.95. The van der Waals surface area contributed by atoms with E-state index in [-0.39, 0.29) is 22.8 Å². The van der Waals surface area contributed by atoms with Gasteiger partial charge < -0.3 is 15.0 Å². The summed E-state index contributed by atoms with van der Waals surface area (Å²) in [6.45, 7) is 12.2. The Morgan fingerprint density at radius 3 is 2.68 bits per heavy atom. The lowest BCUT2D eigenvalue weighted by Gasteiger charge is -2.21. The lowest BCUT2D eigenvalue weighted by molar-refractivity contribution is 0.0964. The quantitative estimate of drug-likeness (QED) is 0.760. The molecule has 1 atom stereocenters. The Morgan fingerprint density at radius 2 is 2.03 bits per heavy atom. The zero-order valence-corrected chi connectivity index (χ0v) is 20.0. The summed E-state index contributed by atoms with van der Waals surface area (Å²) in [7, 11) is 1.78. The third-order valence-corrected chi connectivity index (χ3v) is 7.25. The van der Waals surface area contributed by atoms with Crippen molar-refractivity contribution < 1.29 is 4.74 Å². The van der Waals surface area contributed by atoms with Gasteiger partial charge >= 0.3 is 5.69 Å². The second-order valence-corrected chi connectivity index (χ2v) is 10.8. The lowest BCUT2D eigenvalue weighted by atomic mass is 9.97. The van der Waals surface area contributed by atoms with Gasteiger partial charge in [-0.25, -0.2) is 4.79 Å². The fourth-order valence-electron chi connectivity index (χ4n) is 4.43. The summed E-state index contributed by atoms with van der Waals surface area (Å²) in [5, 5.41) is 3.96. The lowest BCUT2D eigenvalue weighted by Crippen LogP contribution is -2.43. The van der Waals surface area contributed by atoms with Gasteiger partial charge in [-0.15, -0.1) is 11.3 Å². The Bertz CT molecular complexity index is 1120. The summed E-state index contributed by atoms with van der Waals surface area (Å²) < 4.78 is 9.05. The molecule has 1 N–H and O–H groups in total. The minimum atomic E-state index is -0.227. The number of rotatable bonds is 5. The van der Waals surface area contributed by atoms with Crippen molar-refractivity contribution in [2.45, 2.75) is 66.3 Å². The number of nitrogens with one attached hydrogen (secondary N) is 1. The largest absolute Gasteiger partial charge is 0.376 e. The van der Waals surface area contributed by atoms with E-state index < -0.39 is 0 Å². The fourth-order valence-corrected chi connectivity index (χ4v) is 5.74. The molecule has 2 aromatic heterocycles. The van der Waals surface area contributed by atoms with E-state index in [4.69, 9.17) is 4.74 Å². The van der Waals surface area contributed by atoms with E-state index in [9.17, 15) is 9.59 Å². The summed E-state index contributed by atoms with van der Waals surface area (Å²) >= 11 is 1.56. The molecule has 0 aromatic carbocycles. The highest BCUT2D eigenvalue weighted by atomic mass is 32.1. The molecule has 4 rings (SSSR count). The van der Waals surface area contributed by atoms with Gasteiger partial charge in [-0.3, -0.25) is 18.9 Å². The van der Waals surface area contributed by atoms with Crippen molar-refractivity contribution in [2.75, 3.05) is 26.7 Å². The van der Waals surface area contributed by atoms with Crippen LogP contribution in [-0.4, -0.2) is 52.8 Å². The maximum Gasteiger partial charge on any atom is 0.332 e. The monoisotopic (exact) mass is 447 g/mol. The molecule has 2 saturated heterocycles. The predicted molar refractivity (Wildman–Crippen MR) is 125 cm³/mol. The van der Waals surface area contributed by atoms with E-state index in [1.807, 2.05) is 27.7 Å². The molecule has 31 heavy (non-hydrogen) atoms. The van der Waals surface area contributed by atoms with Gasteiger partial charge in [-0.05, 0) is 30.7 Å². The van der Waals surface area contributed by atoms with Crippen molar-refractivity contribution in [1.29, 1.82) is 0 Å². The SMILES string of the molecule is C/N=C1\NCCN1Cc1sc2c(c1C)c(=O)n(CC(C)(C)C)c(=O)n2CC1CCCO1. The van der Waals surface area contributed by atoms with E-state index in [1.165, 1.54) is 4.57 Å². The fraction of sp³-hybridized carbons (Fsp3) is 0.682. The van der Waals surface area contributed by atoms with Crippen LogP contribution < -0.4 is 16.6 Å². The molecule has 0 radical (unpaired) electrons. The first-order chi connectivity index (χ1) is 14.7. The number of hydrogen-bond donors (Lipinski definition) is 1. The van der Waals surface area contributed by atoms with E-state index in [0.717, 1.165) is 53.8 Å². The molecule has 4 heterocycles. The van der Waals surface area contributed by atoms with Crippen LogP contribution in [-0.2, 0) is 24.4 Å². The van der Waals surface area contributed by atoms with Gasteiger partial charge in [0, 0.05) is 38.2 Å². The number of aromatic nitrogens is 2. The molecule has 2 aliphatic heterocycles. The van der Waals surface area contributed by atoms with Gasteiger partial charge in [0.2, 0.25) is 0 Å².